The van der Waals surface area contributed by atoms with Gasteiger partial charge in [-0.15, -0.1) is 0 Å². The van der Waals surface area contributed by atoms with Crippen LogP contribution in [0.5, 0.6) is 0 Å². The molecule has 1 N–H and O–H groups in total. The molecule has 0 saturated carbocycles. The second-order valence-electron chi connectivity index (χ2n) is 3.49. The number of rotatable bonds is 2. The molecule has 5 nitrogen and oxygen atoms in total. The van der Waals surface area contributed by atoms with Crippen molar-refractivity contribution in [2.45, 2.75) is 12.1 Å². The van der Waals surface area contributed by atoms with Gasteiger partial charge in [0.15, 0.2) is 0 Å². The van der Waals surface area contributed by atoms with Crippen LogP contribution in [0.2, 0.25) is 0 Å². The van der Waals surface area contributed by atoms with E-state index in [0.29, 0.717) is 13.1 Å². The van der Waals surface area contributed by atoms with Crippen LogP contribution in [0.4, 0.5) is 4.79 Å². The zero-order chi connectivity index (χ0) is 10.0. The normalized spacial score (nSPS) is 28.5. The average molecular weight is 188 g/mol. The summed E-state index contributed by atoms with van der Waals surface area (Å²) in [6, 6.07) is 0.168. The number of hydrogen-bond donors (Lipinski definition) is 1. The number of ether oxygens (including phenoxy) is 1. The molecular weight excluding hydrogens is 172 g/mol. The second-order valence-corrected chi connectivity index (χ2v) is 3.49. The van der Waals surface area contributed by atoms with Crippen molar-refractivity contribution >= 4 is 6.09 Å². The first-order chi connectivity index (χ1) is 6.06. The van der Waals surface area contributed by atoms with Gasteiger partial charge in [-0.1, -0.05) is 0 Å². The molecule has 1 rings (SSSR count). The quantitative estimate of drug-likeness (QED) is 0.659. The van der Waals surface area contributed by atoms with E-state index in [1.165, 1.54) is 4.90 Å². The molecule has 0 aliphatic carbocycles. The molecular formula is C8H16N2O3. The molecule has 0 aromatic rings. The topological polar surface area (TPSA) is 53.0 Å². The van der Waals surface area contributed by atoms with E-state index in [-0.39, 0.29) is 12.1 Å². The zero-order valence-electron chi connectivity index (χ0n) is 8.23. The molecule has 1 amide bonds. The minimum atomic E-state index is -0.869. The fourth-order valence-electron chi connectivity index (χ4n) is 1.64. The van der Waals surface area contributed by atoms with E-state index in [9.17, 15) is 4.79 Å². The number of amides is 1. The Morgan fingerprint density at radius 1 is 1.54 bits per heavy atom. The zero-order valence-corrected chi connectivity index (χ0v) is 8.23. The van der Waals surface area contributed by atoms with Crippen LogP contribution in [0.25, 0.3) is 0 Å². The van der Waals surface area contributed by atoms with E-state index in [1.807, 2.05) is 19.0 Å². The van der Waals surface area contributed by atoms with Gasteiger partial charge in [0.25, 0.3) is 0 Å². The van der Waals surface area contributed by atoms with Crippen molar-refractivity contribution in [3.05, 3.63) is 0 Å². The third-order valence-corrected chi connectivity index (χ3v) is 2.47. The van der Waals surface area contributed by atoms with Gasteiger partial charge >= 0.3 is 6.09 Å². The van der Waals surface area contributed by atoms with Crippen molar-refractivity contribution in [1.82, 2.24) is 9.80 Å². The highest BCUT2D eigenvalue weighted by Gasteiger charge is 2.36. The molecule has 0 aromatic carbocycles. The molecule has 0 radical (unpaired) electrons. The van der Waals surface area contributed by atoms with Crippen LogP contribution < -0.4 is 0 Å². The molecule has 76 valence electrons. The van der Waals surface area contributed by atoms with Crippen LogP contribution in [-0.2, 0) is 4.74 Å². The summed E-state index contributed by atoms with van der Waals surface area (Å²) in [6.07, 6.45) is -0.877. The van der Waals surface area contributed by atoms with E-state index in [2.05, 4.69) is 0 Å². The standard InChI is InChI=1S/C8H16N2O3/c1-9(2)6-4-10(8(11)12)5-7(6)13-3/h6-7H,4-5H2,1-3H3,(H,11,12)/t6-,7-/m1/s1. The van der Waals surface area contributed by atoms with Gasteiger partial charge in [-0.25, -0.2) is 4.79 Å². The molecule has 1 aliphatic rings. The Balaban J connectivity index is 2.61. The molecule has 1 fully saturated rings. The maximum Gasteiger partial charge on any atom is 0.407 e. The van der Waals surface area contributed by atoms with Crippen molar-refractivity contribution in [2.75, 3.05) is 34.3 Å². The van der Waals surface area contributed by atoms with Crippen molar-refractivity contribution in [3.63, 3.8) is 0 Å². The molecule has 0 bridgehead atoms. The van der Waals surface area contributed by atoms with Gasteiger partial charge in [0, 0.05) is 13.7 Å². The summed E-state index contributed by atoms with van der Waals surface area (Å²) in [4.78, 5) is 14.1. The summed E-state index contributed by atoms with van der Waals surface area (Å²) in [5, 5.41) is 8.78. The molecule has 0 unspecified atom stereocenters. The Labute approximate surface area is 77.9 Å². The third kappa shape index (κ3) is 2.10. The lowest BCUT2D eigenvalue weighted by molar-refractivity contribution is 0.0612. The first-order valence-corrected chi connectivity index (χ1v) is 4.23. The number of nitrogens with zero attached hydrogens (tertiary/aromatic N) is 2. The van der Waals surface area contributed by atoms with Crippen molar-refractivity contribution < 1.29 is 14.6 Å². The Morgan fingerprint density at radius 3 is 2.46 bits per heavy atom. The number of likely N-dealkylation sites (tertiary alicyclic amines) is 1. The summed E-state index contributed by atoms with van der Waals surface area (Å²) in [6.45, 7) is 0.996. The summed E-state index contributed by atoms with van der Waals surface area (Å²) in [5.41, 5.74) is 0. The van der Waals surface area contributed by atoms with E-state index in [4.69, 9.17) is 9.84 Å². The molecule has 2 atom stereocenters. The molecule has 13 heavy (non-hydrogen) atoms. The Bertz CT molecular complexity index is 196. The fraction of sp³-hybridized carbons (Fsp3) is 0.875. The van der Waals surface area contributed by atoms with E-state index < -0.39 is 6.09 Å². The van der Waals surface area contributed by atoms with Crippen LogP contribution in [0.1, 0.15) is 0 Å². The van der Waals surface area contributed by atoms with Crippen molar-refractivity contribution in [2.24, 2.45) is 0 Å². The number of carboxylic acid groups (broad SMARTS) is 1. The van der Waals surface area contributed by atoms with Gasteiger partial charge in [0.05, 0.1) is 18.7 Å². The summed E-state index contributed by atoms with van der Waals surface area (Å²) in [7, 11) is 5.48. The third-order valence-electron chi connectivity index (χ3n) is 2.47. The lowest BCUT2D eigenvalue weighted by atomic mass is 10.2. The summed E-state index contributed by atoms with van der Waals surface area (Å²) in [5.74, 6) is 0. The SMILES string of the molecule is CO[C@@H]1CN(C(=O)O)C[C@H]1N(C)C. The maximum absolute atomic E-state index is 10.7. The number of methoxy groups -OCH3 is 1. The molecule has 1 saturated heterocycles. The van der Waals surface area contributed by atoms with E-state index >= 15 is 0 Å². The lowest BCUT2D eigenvalue weighted by Gasteiger charge is -2.23. The first kappa shape index (κ1) is 10.3. The highest BCUT2D eigenvalue weighted by molar-refractivity contribution is 5.65. The number of hydrogen-bond acceptors (Lipinski definition) is 3. The minimum absolute atomic E-state index is 0.00824. The van der Waals surface area contributed by atoms with Gasteiger partial charge < -0.3 is 19.6 Å². The number of likely N-dealkylation sites (N-methyl/N-ethyl adjacent to an activating group) is 1. The monoisotopic (exact) mass is 188 g/mol. The summed E-state index contributed by atoms with van der Waals surface area (Å²) >= 11 is 0. The maximum atomic E-state index is 10.7. The fourth-order valence-corrected chi connectivity index (χ4v) is 1.64. The summed E-state index contributed by atoms with van der Waals surface area (Å²) < 4.78 is 5.22. The van der Waals surface area contributed by atoms with Crippen molar-refractivity contribution in [1.29, 1.82) is 0 Å². The van der Waals surface area contributed by atoms with Crippen LogP contribution in [0.15, 0.2) is 0 Å². The van der Waals surface area contributed by atoms with Gasteiger partial charge in [-0.05, 0) is 14.1 Å². The van der Waals surface area contributed by atoms with Crippen LogP contribution in [-0.4, -0.2) is 67.4 Å². The van der Waals surface area contributed by atoms with Crippen LogP contribution in [0.3, 0.4) is 0 Å². The second kappa shape index (κ2) is 3.93. The Hall–Kier alpha value is -0.810. The predicted octanol–water partition coefficient (Wildman–Crippen LogP) is -0.0748. The highest BCUT2D eigenvalue weighted by atomic mass is 16.5. The minimum Gasteiger partial charge on any atom is -0.465 e. The highest BCUT2D eigenvalue weighted by Crippen LogP contribution is 2.16. The molecule has 5 heteroatoms. The largest absolute Gasteiger partial charge is 0.465 e. The van der Waals surface area contributed by atoms with Crippen molar-refractivity contribution in [3.8, 4) is 0 Å². The van der Waals surface area contributed by atoms with Gasteiger partial charge in [0.1, 0.15) is 0 Å². The Morgan fingerprint density at radius 2 is 2.15 bits per heavy atom. The van der Waals surface area contributed by atoms with Gasteiger partial charge in [-0.3, -0.25) is 0 Å². The van der Waals surface area contributed by atoms with Gasteiger partial charge in [-0.2, -0.15) is 0 Å². The number of carbonyl (C=O) groups is 1. The Kier molecular flexibility index (Phi) is 3.11. The predicted molar refractivity (Wildman–Crippen MR) is 47.9 cm³/mol. The first-order valence-electron chi connectivity index (χ1n) is 4.23. The van der Waals surface area contributed by atoms with Crippen LogP contribution in [0, 0.1) is 0 Å². The lowest BCUT2D eigenvalue weighted by Crippen LogP contribution is -2.39. The van der Waals surface area contributed by atoms with E-state index in [1.54, 1.807) is 7.11 Å². The van der Waals surface area contributed by atoms with Crippen LogP contribution >= 0.6 is 0 Å². The molecule has 0 aromatic heterocycles. The van der Waals surface area contributed by atoms with E-state index in [0.717, 1.165) is 0 Å². The molecule has 0 spiro atoms. The molecule has 1 aliphatic heterocycles. The van der Waals surface area contributed by atoms with Gasteiger partial charge in [0.2, 0.25) is 0 Å². The molecule has 1 heterocycles. The average Bonchev–Trinajstić information content (AvgIpc) is 2.47. The smallest absolute Gasteiger partial charge is 0.407 e.